The fraction of sp³-hybridized carbons (Fsp3) is 0.476. The van der Waals surface area contributed by atoms with Gasteiger partial charge in [-0.15, -0.1) is 0 Å². The van der Waals surface area contributed by atoms with Crippen LogP contribution in [-0.2, 0) is 13.0 Å². The largest absolute Gasteiger partial charge is 0.378 e. The van der Waals surface area contributed by atoms with Crippen LogP contribution in [0.5, 0.6) is 0 Å². The van der Waals surface area contributed by atoms with Gasteiger partial charge in [0, 0.05) is 38.6 Å². The number of amides is 2. The van der Waals surface area contributed by atoms with Crippen molar-refractivity contribution in [1.29, 1.82) is 0 Å². The van der Waals surface area contributed by atoms with Crippen molar-refractivity contribution >= 4 is 23.2 Å². The molecule has 1 aromatic carbocycles. The summed E-state index contributed by atoms with van der Waals surface area (Å²) in [5, 5.41) is 5.82. The number of nitrogens with zero attached hydrogens (tertiary/aromatic N) is 3. The summed E-state index contributed by atoms with van der Waals surface area (Å²) in [6.45, 7) is 5.39. The number of hydrogen-bond acceptors (Lipinski definition) is 4. The van der Waals surface area contributed by atoms with E-state index in [-0.39, 0.29) is 11.8 Å². The number of aromatic nitrogens is 2. The maximum Gasteiger partial charge on any atom is 0.291 e. The van der Waals surface area contributed by atoms with E-state index in [0.29, 0.717) is 36.2 Å². The number of carbonyl (C=O) groups is 2. The van der Waals surface area contributed by atoms with Gasteiger partial charge in [-0.25, -0.2) is 4.98 Å². The molecule has 150 valence electrons. The zero-order chi connectivity index (χ0) is 20.3. The van der Waals surface area contributed by atoms with Crippen LogP contribution in [0, 0.1) is 5.92 Å². The lowest BCUT2D eigenvalue weighted by molar-refractivity contribution is 0.0943. The first kappa shape index (κ1) is 19.9. The zero-order valence-electron chi connectivity index (χ0n) is 17.1. The molecule has 7 heteroatoms. The Hall–Kier alpha value is -2.83. The summed E-state index contributed by atoms with van der Waals surface area (Å²) in [5.41, 5.74) is 3.00. The second-order valence-electron chi connectivity index (χ2n) is 7.84. The molecule has 0 unspecified atom stereocenters. The zero-order valence-corrected chi connectivity index (χ0v) is 17.1. The number of fused-ring (bicyclic) bond motifs is 1. The molecule has 0 saturated heterocycles. The summed E-state index contributed by atoms with van der Waals surface area (Å²) in [6.07, 6.45) is 2.75. The van der Waals surface area contributed by atoms with Gasteiger partial charge in [0.05, 0.1) is 5.69 Å². The number of hydrogen-bond donors (Lipinski definition) is 2. The molecule has 0 fully saturated rings. The van der Waals surface area contributed by atoms with Crippen molar-refractivity contribution < 1.29 is 9.59 Å². The van der Waals surface area contributed by atoms with E-state index in [1.807, 2.05) is 61.7 Å². The van der Waals surface area contributed by atoms with E-state index in [4.69, 9.17) is 0 Å². The van der Waals surface area contributed by atoms with E-state index in [2.05, 4.69) is 15.6 Å². The SMILES string of the molecule is CC(C)CNC(=O)c1nc(C(=O)Nc2ccc(N(C)C)cc2)n2c1CCCC2. The monoisotopic (exact) mass is 383 g/mol. The fourth-order valence-corrected chi connectivity index (χ4v) is 3.31. The number of rotatable bonds is 6. The van der Waals surface area contributed by atoms with Crippen molar-refractivity contribution in [2.45, 2.75) is 39.7 Å². The molecule has 0 radical (unpaired) electrons. The molecule has 0 bridgehead atoms. The highest BCUT2D eigenvalue weighted by Gasteiger charge is 2.27. The standard InChI is InChI=1S/C21H29N5O2/c1-14(2)13-22-20(27)18-17-7-5-6-12-26(17)19(24-18)21(28)23-15-8-10-16(11-9-15)25(3)4/h8-11,14H,5-7,12-13H2,1-4H3,(H,22,27)(H,23,28). The van der Waals surface area contributed by atoms with Gasteiger partial charge in [0.1, 0.15) is 5.69 Å². The minimum Gasteiger partial charge on any atom is -0.378 e. The topological polar surface area (TPSA) is 79.3 Å². The molecule has 3 rings (SSSR count). The number of nitrogens with one attached hydrogen (secondary N) is 2. The number of carbonyl (C=O) groups excluding carboxylic acids is 2. The second-order valence-corrected chi connectivity index (χ2v) is 7.84. The molecule has 1 aromatic heterocycles. The van der Waals surface area contributed by atoms with Gasteiger partial charge < -0.3 is 20.1 Å². The van der Waals surface area contributed by atoms with Crippen LogP contribution in [-0.4, -0.2) is 42.0 Å². The van der Waals surface area contributed by atoms with Gasteiger partial charge in [0.2, 0.25) is 0 Å². The van der Waals surface area contributed by atoms with Crippen LogP contribution in [0.1, 0.15) is 53.5 Å². The van der Waals surface area contributed by atoms with Gasteiger partial charge in [0.25, 0.3) is 11.8 Å². The Morgan fingerprint density at radius 1 is 1.14 bits per heavy atom. The molecule has 2 heterocycles. The average Bonchev–Trinajstić information content (AvgIpc) is 3.06. The average molecular weight is 383 g/mol. The summed E-state index contributed by atoms with van der Waals surface area (Å²) < 4.78 is 1.90. The Labute approximate surface area is 166 Å². The van der Waals surface area contributed by atoms with Gasteiger partial charge in [-0.3, -0.25) is 9.59 Å². The van der Waals surface area contributed by atoms with Crippen LogP contribution in [0.3, 0.4) is 0 Å². The van der Waals surface area contributed by atoms with Crippen LogP contribution in [0.4, 0.5) is 11.4 Å². The van der Waals surface area contributed by atoms with Crippen LogP contribution in [0.25, 0.3) is 0 Å². The van der Waals surface area contributed by atoms with Crippen molar-refractivity contribution in [2.75, 3.05) is 30.9 Å². The summed E-state index contributed by atoms with van der Waals surface area (Å²) in [7, 11) is 3.94. The van der Waals surface area contributed by atoms with Gasteiger partial charge in [-0.1, -0.05) is 13.8 Å². The van der Waals surface area contributed by atoms with E-state index in [9.17, 15) is 9.59 Å². The molecule has 0 spiro atoms. The maximum absolute atomic E-state index is 12.9. The Bertz CT molecular complexity index is 852. The van der Waals surface area contributed by atoms with Crippen molar-refractivity contribution in [3.63, 3.8) is 0 Å². The Morgan fingerprint density at radius 2 is 1.86 bits per heavy atom. The van der Waals surface area contributed by atoms with E-state index in [0.717, 1.165) is 30.6 Å². The van der Waals surface area contributed by atoms with Crippen molar-refractivity contribution in [2.24, 2.45) is 5.92 Å². The fourth-order valence-electron chi connectivity index (χ4n) is 3.31. The van der Waals surface area contributed by atoms with E-state index >= 15 is 0 Å². The van der Waals surface area contributed by atoms with Crippen molar-refractivity contribution in [3.8, 4) is 0 Å². The molecule has 2 amide bonds. The summed E-state index contributed by atoms with van der Waals surface area (Å²) >= 11 is 0. The Morgan fingerprint density at radius 3 is 2.50 bits per heavy atom. The quantitative estimate of drug-likeness (QED) is 0.804. The smallest absolute Gasteiger partial charge is 0.291 e. The lowest BCUT2D eigenvalue weighted by atomic mass is 10.1. The predicted molar refractivity (Wildman–Crippen MR) is 111 cm³/mol. The summed E-state index contributed by atoms with van der Waals surface area (Å²) in [4.78, 5) is 31.9. The third kappa shape index (κ3) is 4.35. The normalized spacial score (nSPS) is 13.2. The molecular weight excluding hydrogens is 354 g/mol. The molecule has 0 atom stereocenters. The molecule has 0 aliphatic carbocycles. The van der Waals surface area contributed by atoms with E-state index in [1.165, 1.54) is 0 Å². The van der Waals surface area contributed by atoms with Crippen LogP contribution >= 0.6 is 0 Å². The van der Waals surface area contributed by atoms with Gasteiger partial charge in [-0.05, 0) is 49.4 Å². The van der Waals surface area contributed by atoms with Crippen molar-refractivity contribution in [3.05, 3.63) is 41.5 Å². The van der Waals surface area contributed by atoms with E-state index in [1.54, 1.807) is 0 Å². The van der Waals surface area contributed by atoms with Gasteiger partial charge in [-0.2, -0.15) is 0 Å². The molecular formula is C21H29N5O2. The summed E-state index contributed by atoms with van der Waals surface area (Å²) in [6, 6.07) is 7.62. The lowest BCUT2D eigenvalue weighted by Crippen LogP contribution is -2.29. The number of anilines is 2. The van der Waals surface area contributed by atoms with Crippen LogP contribution in [0.2, 0.25) is 0 Å². The first-order valence-corrected chi connectivity index (χ1v) is 9.83. The molecule has 7 nitrogen and oxygen atoms in total. The van der Waals surface area contributed by atoms with Gasteiger partial charge >= 0.3 is 0 Å². The second kappa shape index (κ2) is 8.46. The molecule has 1 aliphatic rings. The van der Waals surface area contributed by atoms with Crippen LogP contribution in [0.15, 0.2) is 24.3 Å². The van der Waals surface area contributed by atoms with Gasteiger partial charge in [0.15, 0.2) is 5.82 Å². The Kier molecular flexibility index (Phi) is 6.02. The number of benzene rings is 1. The highest BCUT2D eigenvalue weighted by Crippen LogP contribution is 2.22. The molecule has 0 saturated carbocycles. The highest BCUT2D eigenvalue weighted by molar-refractivity contribution is 6.03. The molecule has 2 aromatic rings. The third-order valence-electron chi connectivity index (χ3n) is 4.85. The molecule has 1 aliphatic heterocycles. The maximum atomic E-state index is 12.9. The first-order valence-electron chi connectivity index (χ1n) is 9.83. The van der Waals surface area contributed by atoms with E-state index < -0.39 is 0 Å². The first-order chi connectivity index (χ1) is 13.4. The summed E-state index contributed by atoms with van der Waals surface area (Å²) in [5.74, 6) is 0.175. The third-order valence-corrected chi connectivity index (χ3v) is 4.85. The Balaban J connectivity index is 1.82. The minimum absolute atomic E-state index is 0.200. The van der Waals surface area contributed by atoms with Crippen molar-refractivity contribution in [1.82, 2.24) is 14.9 Å². The minimum atomic E-state index is -0.288. The highest BCUT2D eigenvalue weighted by atomic mass is 16.2. The molecule has 2 N–H and O–H groups in total. The predicted octanol–water partition coefficient (Wildman–Crippen LogP) is 2.92. The molecule has 28 heavy (non-hydrogen) atoms. The van der Waals surface area contributed by atoms with Crippen LogP contribution < -0.4 is 15.5 Å². The lowest BCUT2D eigenvalue weighted by Gasteiger charge is -2.17. The number of imidazole rings is 1.